The summed E-state index contributed by atoms with van der Waals surface area (Å²) in [5.74, 6) is 8.46. The molecule has 1 heterocycles. The van der Waals surface area contributed by atoms with Gasteiger partial charge in [0, 0.05) is 0 Å². The lowest BCUT2D eigenvalue weighted by Gasteiger charge is -2.00. The number of hydrogen-bond acceptors (Lipinski definition) is 7. The zero-order valence-corrected chi connectivity index (χ0v) is 11.6. The van der Waals surface area contributed by atoms with Crippen molar-refractivity contribution in [3.05, 3.63) is 22.6 Å². The Morgan fingerprint density at radius 2 is 1.33 bits per heavy atom. The van der Waals surface area contributed by atoms with Crippen LogP contribution in [0.4, 0.5) is 0 Å². The zero-order chi connectivity index (χ0) is 15.8. The molecule has 0 atom stereocenters. The van der Waals surface area contributed by atoms with Crippen LogP contribution in [0.2, 0.25) is 0 Å². The number of hydrogen-bond donors (Lipinski definition) is 2. The Labute approximate surface area is 121 Å². The summed E-state index contributed by atoms with van der Waals surface area (Å²) in [7, 11) is 2.34. The summed E-state index contributed by atoms with van der Waals surface area (Å²) in [4.78, 5) is 23.7. The molecule has 0 amide bonds. The minimum Gasteiger partial charge on any atom is -0.465 e. The van der Waals surface area contributed by atoms with Gasteiger partial charge in [0.2, 0.25) is 0 Å². The van der Waals surface area contributed by atoms with E-state index in [9.17, 15) is 9.59 Å². The van der Waals surface area contributed by atoms with E-state index in [1.807, 2.05) is 0 Å². The van der Waals surface area contributed by atoms with Crippen molar-refractivity contribution >= 4 is 11.9 Å². The summed E-state index contributed by atoms with van der Waals surface area (Å²) in [5.41, 5.74) is 10.3. The van der Waals surface area contributed by atoms with Crippen LogP contribution < -0.4 is 11.5 Å². The van der Waals surface area contributed by atoms with E-state index in [0.29, 0.717) is 0 Å². The van der Waals surface area contributed by atoms with Crippen molar-refractivity contribution in [1.82, 2.24) is 0 Å². The van der Waals surface area contributed by atoms with Gasteiger partial charge in [-0.3, -0.25) is 0 Å². The number of rotatable bonds is 2. The van der Waals surface area contributed by atoms with Crippen molar-refractivity contribution in [2.75, 3.05) is 27.3 Å². The number of furan rings is 1. The molecule has 0 fully saturated rings. The zero-order valence-electron chi connectivity index (χ0n) is 11.6. The molecule has 4 N–H and O–H groups in total. The lowest BCUT2D eigenvalue weighted by Crippen LogP contribution is -2.11. The lowest BCUT2D eigenvalue weighted by atomic mass is 10.1. The molecule has 0 unspecified atom stereocenters. The predicted molar refractivity (Wildman–Crippen MR) is 73.3 cm³/mol. The molecule has 7 nitrogen and oxygen atoms in total. The minimum atomic E-state index is -0.790. The maximum absolute atomic E-state index is 11.9. The largest absolute Gasteiger partial charge is 0.465 e. The number of carbonyl (C=O) groups excluding carboxylic acids is 2. The first kappa shape index (κ1) is 16.3. The number of carbonyl (C=O) groups is 2. The lowest BCUT2D eigenvalue weighted by molar-refractivity contribution is 0.0556. The Morgan fingerprint density at radius 3 is 1.62 bits per heavy atom. The highest BCUT2D eigenvalue weighted by atomic mass is 16.5. The van der Waals surface area contributed by atoms with Gasteiger partial charge in [-0.15, -0.1) is 0 Å². The Kier molecular flexibility index (Phi) is 6.02. The van der Waals surface area contributed by atoms with Crippen LogP contribution in [0.5, 0.6) is 0 Å². The number of ether oxygens (including phenoxy) is 2. The molecule has 21 heavy (non-hydrogen) atoms. The normalized spacial score (nSPS) is 8.95. The van der Waals surface area contributed by atoms with E-state index in [4.69, 9.17) is 15.9 Å². The number of nitrogens with two attached hydrogens (primary N) is 2. The molecular weight excluding hydrogens is 276 g/mol. The standard InChI is InChI=1S/C14H14N2O5/c1-19-13(17)11-9(5-3-7-15)21-10(6-4-8-16)12(11)14(18)20-2/h7-8,15-16H2,1-2H3. The molecule has 0 aliphatic heterocycles. The van der Waals surface area contributed by atoms with E-state index < -0.39 is 11.9 Å². The second-order valence-electron chi connectivity index (χ2n) is 3.51. The predicted octanol–water partition coefficient (Wildman–Crippen LogP) is -0.527. The van der Waals surface area contributed by atoms with Crippen LogP contribution in [0.25, 0.3) is 0 Å². The summed E-state index contributed by atoms with van der Waals surface area (Å²) < 4.78 is 14.6. The van der Waals surface area contributed by atoms with Gasteiger partial charge >= 0.3 is 11.9 Å². The van der Waals surface area contributed by atoms with Crippen LogP contribution in [-0.2, 0) is 9.47 Å². The Bertz CT molecular complexity index is 611. The molecule has 110 valence electrons. The van der Waals surface area contributed by atoms with Gasteiger partial charge in [0.25, 0.3) is 0 Å². The van der Waals surface area contributed by atoms with Crippen LogP contribution in [0.1, 0.15) is 32.2 Å². The monoisotopic (exact) mass is 290 g/mol. The quantitative estimate of drug-likeness (QED) is 0.555. The van der Waals surface area contributed by atoms with E-state index in [0.717, 1.165) is 0 Å². The maximum Gasteiger partial charge on any atom is 0.343 e. The molecule has 0 aromatic carbocycles. The summed E-state index contributed by atoms with van der Waals surface area (Å²) in [5, 5.41) is 0. The van der Waals surface area contributed by atoms with Gasteiger partial charge in [-0.05, 0) is 11.8 Å². The highest BCUT2D eigenvalue weighted by molar-refractivity contribution is 6.06. The van der Waals surface area contributed by atoms with E-state index in [1.165, 1.54) is 14.2 Å². The molecular formula is C14H14N2O5. The van der Waals surface area contributed by atoms with Crippen molar-refractivity contribution in [2.24, 2.45) is 11.5 Å². The highest BCUT2D eigenvalue weighted by Gasteiger charge is 2.30. The molecule has 1 aromatic rings. The minimum absolute atomic E-state index is 0.0542. The van der Waals surface area contributed by atoms with Crippen LogP contribution >= 0.6 is 0 Å². The van der Waals surface area contributed by atoms with Crippen molar-refractivity contribution in [2.45, 2.75) is 0 Å². The first-order valence-electron chi connectivity index (χ1n) is 5.81. The molecule has 0 aliphatic rings. The van der Waals surface area contributed by atoms with Crippen LogP contribution in [0.15, 0.2) is 4.42 Å². The third-order valence-corrected chi connectivity index (χ3v) is 2.30. The van der Waals surface area contributed by atoms with Crippen LogP contribution in [0, 0.1) is 23.7 Å². The summed E-state index contributed by atoms with van der Waals surface area (Å²) >= 11 is 0. The maximum atomic E-state index is 11.9. The van der Waals surface area contributed by atoms with Gasteiger partial charge in [0.05, 0.1) is 27.3 Å². The average molecular weight is 290 g/mol. The molecule has 0 saturated carbocycles. The van der Waals surface area contributed by atoms with Gasteiger partial charge in [-0.1, -0.05) is 11.8 Å². The third-order valence-electron chi connectivity index (χ3n) is 2.30. The molecule has 0 radical (unpaired) electrons. The van der Waals surface area contributed by atoms with E-state index >= 15 is 0 Å². The van der Waals surface area contributed by atoms with Gasteiger partial charge in [-0.25, -0.2) is 9.59 Å². The fourth-order valence-electron chi connectivity index (χ4n) is 1.46. The molecule has 1 aromatic heterocycles. The van der Waals surface area contributed by atoms with E-state index in [-0.39, 0.29) is 35.7 Å². The first-order chi connectivity index (χ1) is 10.1. The summed E-state index contributed by atoms with van der Waals surface area (Å²) in [6.07, 6.45) is 0. The molecule has 0 saturated heterocycles. The number of esters is 2. The SMILES string of the molecule is COC(=O)c1c(C#CCN)oc(C#CCN)c1C(=O)OC. The van der Waals surface area contributed by atoms with Gasteiger partial charge in [0.1, 0.15) is 11.1 Å². The van der Waals surface area contributed by atoms with Crippen molar-refractivity contribution in [1.29, 1.82) is 0 Å². The Morgan fingerprint density at radius 1 is 0.952 bits per heavy atom. The van der Waals surface area contributed by atoms with Gasteiger partial charge < -0.3 is 25.4 Å². The topological polar surface area (TPSA) is 118 Å². The number of methoxy groups -OCH3 is 2. The fourth-order valence-corrected chi connectivity index (χ4v) is 1.46. The molecule has 0 bridgehead atoms. The molecule has 1 rings (SSSR count). The van der Waals surface area contributed by atoms with E-state index in [2.05, 4.69) is 33.2 Å². The fraction of sp³-hybridized carbons (Fsp3) is 0.286. The van der Waals surface area contributed by atoms with Crippen molar-refractivity contribution in [3.8, 4) is 23.7 Å². The Balaban J connectivity index is 3.63. The van der Waals surface area contributed by atoms with Gasteiger partial charge in [-0.2, -0.15) is 0 Å². The smallest absolute Gasteiger partial charge is 0.343 e. The molecule has 0 spiro atoms. The third kappa shape index (κ3) is 3.63. The molecule has 0 aliphatic carbocycles. The average Bonchev–Trinajstić information content (AvgIpc) is 2.87. The first-order valence-corrected chi connectivity index (χ1v) is 5.81. The summed E-state index contributed by atoms with van der Waals surface area (Å²) in [6.45, 7) is 0.108. The van der Waals surface area contributed by atoms with E-state index in [1.54, 1.807) is 0 Å². The second kappa shape index (κ2) is 7.75. The van der Waals surface area contributed by atoms with Crippen molar-refractivity contribution in [3.63, 3.8) is 0 Å². The summed E-state index contributed by atoms with van der Waals surface area (Å²) in [6, 6.07) is 0. The van der Waals surface area contributed by atoms with Gasteiger partial charge in [0.15, 0.2) is 11.5 Å². The molecule has 7 heteroatoms. The van der Waals surface area contributed by atoms with Crippen molar-refractivity contribution < 1.29 is 23.5 Å². The van der Waals surface area contributed by atoms with Crippen LogP contribution in [0.3, 0.4) is 0 Å². The highest BCUT2D eigenvalue weighted by Crippen LogP contribution is 2.24. The second-order valence-corrected chi connectivity index (χ2v) is 3.51. The Hall–Kier alpha value is -2.74. The van der Waals surface area contributed by atoms with Crippen LogP contribution in [-0.4, -0.2) is 39.2 Å².